The van der Waals surface area contributed by atoms with Crippen molar-refractivity contribution in [1.82, 2.24) is 29.9 Å². The summed E-state index contributed by atoms with van der Waals surface area (Å²) in [4.78, 5) is 16.0. The van der Waals surface area contributed by atoms with Gasteiger partial charge in [-0.2, -0.15) is 10.2 Å². The second-order valence-corrected chi connectivity index (χ2v) is 5.48. The van der Waals surface area contributed by atoms with Crippen LogP contribution in [0.15, 0.2) is 18.7 Å². The Morgan fingerprint density at radius 1 is 1.38 bits per heavy atom. The number of hydrogen-bond acceptors (Lipinski definition) is 4. The second kappa shape index (κ2) is 6.51. The molecule has 0 bridgehead atoms. The fourth-order valence-electron chi connectivity index (χ4n) is 2.29. The van der Waals surface area contributed by atoms with E-state index in [0.29, 0.717) is 13.1 Å². The minimum Gasteiger partial charge on any atom is -0.354 e. The predicted octanol–water partition coefficient (Wildman–Crippen LogP) is 1.10. The van der Waals surface area contributed by atoms with Crippen LogP contribution in [-0.2, 0) is 11.3 Å². The van der Waals surface area contributed by atoms with Crippen LogP contribution in [0.25, 0.3) is 0 Å². The van der Waals surface area contributed by atoms with Gasteiger partial charge >= 0.3 is 0 Å². The summed E-state index contributed by atoms with van der Waals surface area (Å²) in [6.07, 6.45) is 3.08. The van der Waals surface area contributed by atoms with Gasteiger partial charge in [-0.25, -0.2) is 4.98 Å². The summed E-state index contributed by atoms with van der Waals surface area (Å²) in [7, 11) is 0. The van der Waals surface area contributed by atoms with E-state index in [2.05, 4.69) is 20.5 Å². The zero-order chi connectivity index (χ0) is 15.4. The van der Waals surface area contributed by atoms with Gasteiger partial charge in [0.25, 0.3) is 0 Å². The molecule has 7 heteroatoms. The molecule has 0 aliphatic carbocycles. The topological polar surface area (TPSA) is 77.6 Å². The lowest BCUT2D eigenvalue weighted by molar-refractivity contribution is -0.125. The van der Waals surface area contributed by atoms with E-state index >= 15 is 0 Å². The third-order valence-corrected chi connectivity index (χ3v) is 3.41. The average molecular weight is 290 g/mol. The first-order valence-corrected chi connectivity index (χ1v) is 7.10. The molecule has 0 aromatic carbocycles. The van der Waals surface area contributed by atoms with Gasteiger partial charge in [0.2, 0.25) is 5.91 Å². The molecule has 114 valence electrons. The minimum absolute atomic E-state index is 0.0129. The Kier molecular flexibility index (Phi) is 4.72. The van der Waals surface area contributed by atoms with Gasteiger partial charge in [0.1, 0.15) is 12.7 Å². The number of rotatable bonds is 6. The molecular weight excluding hydrogens is 268 g/mol. The van der Waals surface area contributed by atoms with Crippen LogP contribution in [0.2, 0.25) is 0 Å². The van der Waals surface area contributed by atoms with E-state index in [0.717, 1.165) is 11.4 Å². The number of aryl methyl sites for hydroxylation is 2. The highest BCUT2D eigenvalue weighted by atomic mass is 16.1. The molecule has 2 heterocycles. The number of nitrogens with one attached hydrogen (secondary N) is 1. The maximum Gasteiger partial charge on any atom is 0.224 e. The van der Waals surface area contributed by atoms with Gasteiger partial charge in [0.05, 0.1) is 24.2 Å². The quantitative estimate of drug-likeness (QED) is 0.864. The van der Waals surface area contributed by atoms with Crippen LogP contribution < -0.4 is 5.32 Å². The Balaban J connectivity index is 1.84. The summed E-state index contributed by atoms with van der Waals surface area (Å²) in [6, 6.07) is 2.16. The Labute approximate surface area is 124 Å². The van der Waals surface area contributed by atoms with Gasteiger partial charge in [-0.05, 0) is 26.8 Å². The molecular formula is C14H22N6O. The SMILES string of the molecule is Cc1cc(C)n([C@H](C)CNC(=O)[C@@H](C)Cn2cncn2)n1. The summed E-state index contributed by atoms with van der Waals surface area (Å²) in [5, 5.41) is 11.4. The van der Waals surface area contributed by atoms with E-state index in [-0.39, 0.29) is 17.9 Å². The molecule has 2 rings (SSSR count). The molecule has 2 aromatic heterocycles. The highest BCUT2D eigenvalue weighted by Gasteiger charge is 2.16. The maximum atomic E-state index is 12.1. The van der Waals surface area contributed by atoms with Gasteiger partial charge in [-0.3, -0.25) is 14.2 Å². The number of carbonyl (C=O) groups excluding carboxylic acids is 1. The van der Waals surface area contributed by atoms with Crippen molar-refractivity contribution in [3.8, 4) is 0 Å². The van der Waals surface area contributed by atoms with Crippen molar-refractivity contribution in [1.29, 1.82) is 0 Å². The summed E-state index contributed by atoms with van der Waals surface area (Å²) < 4.78 is 3.60. The molecule has 2 atom stereocenters. The first kappa shape index (κ1) is 15.2. The van der Waals surface area contributed by atoms with E-state index in [1.165, 1.54) is 6.33 Å². The van der Waals surface area contributed by atoms with Crippen LogP contribution in [0.1, 0.15) is 31.3 Å². The first-order chi connectivity index (χ1) is 9.97. The second-order valence-electron chi connectivity index (χ2n) is 5.48. The van der Waals surface area contributed by atoms with Crippen molar-refractivity contribution < 1.29 is 4.79 Å². The smallest absolute Gasteiger partial charge is 0.224 e. The average Bonchev–Trinajstić information content (AvgIpc) is 3.05. The molecule has 0 aliphatic rings. The third kappa shape index (κ3) is 3.90. The van der Waals surface area contributed by atoms with Gasteiger partial charge in [0, 0.05) is 12.2 Å². The fourth-order valence-corrected chi connectivity index (χ4v) is 2.29. The van der Waals surface area contributed by atoms with Crippen LogP contribution in [-0.4, -0.2) is 37.0 Å². The predicted molar refractivity (Wildman–Crippen MR) is 78.6 cm³/mol. The zero-order valence-corrected chi connectivity index (χ0v) is 12.9. The Morgan fingerprint density at radius 2 is 2.14 bits per heavy atom. The van der Waals surface area contributed by atoms with E-state index in [1.54, 1.807) is 11.0 Å². The molecule has 0 aliphatic heterocycles. The molecule has 0 saturated carbocycles. The van der Waals surface area contributed by atoms with E-state index < -0.39 is 0 Å². The summed E-state index contributed by atoms with van der Waals surface area (Å²) in [5.41, 5.74) is 2.09. The number of hydrogen-bond donors (Lipinski definition) is 1. The normalized spacial score (nSPS) is 13.9. The Bertz CT molecular complexity index is 589. The highest BCUT2D eigenvalue weighted by Crippen LogP contribution is 2.10. The summed E-state index contributed by atoms with van der Waals surface area (Å²) in [5.74, 6) is -0.141. The van der Waals surface area contributed by atoms with Crippen molar-refractivity contribution in [2.75, 3.05) is 6.54 Å². The number of amides is 1. The Hall–Kier alpha value is -2.18. The van der Waals surface area contributed by atoms with Crippen molar-refractivity contribution >= 4 is 5.91 Å². The van der Waals surface area contributed by atoms with Crippen molar-refractivity contribution in [3.05, 3.63) is 30.1 Å². The molecule has 0 radical (unpaired) electrons. The van der Waals surface area contributed by atoms with Crippen LogP contribution in [0.3, 0.4) is 0 Å². The lowest BCUT2D eigenvalue weighted by atomic mass is 10.1. The fraction of sp³-hybridized carbons (Fsp3) is 0.571. The lowest BCUT2D eigenvalue weighted by Gasteiger charge is -2.17. The Morgan fingerprint density at radius 3 is 2.71 bits per heavy atom. The van der Waals surface area contributed by atoms with Crippen molar-refractivity contribution in [2.24, 2.45) is 5.92 Å². The minimum atomic E-state index is -0.153. The number of nitrogens with zero attached hydrogens (tertiary/aromatic N) is 5. The first-order valence-electron chi connectivity index (χ1n) is 7.10. The number of carbonyl (C=O) groups is 1. The summed E-state index contributed by atoms with van der Waals surface area (Å²) in [6.45, 7) is 9.00. The zero-order valence-electron chi connectivity index (χ0n) is 12.9. The highest BCUT2D eigenvalue weighted by molar-refractivity contribution is 5.78. The molecule has 21 heavy (non-hydrogen) atoms. The van der Waals surface area contributed by atoms with E-state index in [1.807, 2.05) is 38.4 Å². The van der Waals surface area contributed by atoms with Crippen molar-refractivity contribution in [2.45, 2.75) is 40.3 Å². The van der Waals surface area contributed by atoms with Crippen LogP contribution in [0.5, 0.6) is 0 Å². The lowest BCUT2D eigenvalue weighted by Crippen LogP contribution is -2.35. The third-order valence-electron chi connectivity index (χ3n) is 3.41. The van der Waals surface area contributed by atoms with Gasteiger partial charge < -0.3 is 5.32 Å². The van der Waals surface area contributed by atoms with Gasteiger partial charge in [-0.1, -0.05) is 6.92 Å². The van der Waals surface area contributed by atoms with Crippen molar-refractivity contribution in [3.63, 3.8) is 0 Å². The van der Waals surface area contributed by atoms with Gasteiger partial charge in [0.15, 0.2) is 0 Å². The molecule has 1 N–H and O–H groups in total. The molecule has 0 spiro atoms. The van der Waals surface area contributed by atoms with Crippen LogP contribution >= 0.6 is 0 Å². The molecule has 0 fully saturated rings. The maximum absolute atomic E-state index is 12.1. The van der Waals surface area contributed by atoms with E-state index in [4.69, 9.17) is 0 Å². The van der Waals surface area contributed by atoms with Gasteiger partial charge in [-0.15, -0.1) is 0 Å². The molecule has 0 unspecified atom stereocenters. The molecule has 7 nitrogen and oxygen atoms in total. The monoisotopic (exact) mass is 290 g/mol. The summed E-state index contributed by atoms with van der Waals surface area (Å²) >= 11 is 0. The van der Waals surface area contributed by atoms with E-state index in [9.17, 15) is 4.79 Å². The molecule has 2 aromatic rings. The largest absolute Gasteiger partial charge is 0.354 e. The number of aromatic nitrogens is 5. The molecule has 1 amide bonds. The molecule has 0 saturated heterocycles. The van der Waals surface area contributed by atoms with Crippen LogP contribution in [0.4, 0.5) is 0 Å². The van der Waals surface area contributed by atoms with Crippen LogP contribution in [0, 0.1) is 19.8 Å². The standard InChI is InChI=1S/C14H22N6O/c1-10(7-19-9-15-8-17-19)14(21)16-6-13(4)20-12(3)5-11(2)18-20/h5,8-10,13H,6-7H2,1-4H3,(H,16,21)/t10-,13+/m0/s1.